The molecule has 8 rings (SSSR count). The van der Waals surface area contributed by atoms with E-state index >= 15 is 4.39 Å². The van der Waals surface area contributed by atoms with Gasteiger partial charge in [-0.25, -0.2) is 18.2 Å². The predicted molar refractivity (Wildman–Crippen MR) is 201 cm³/mol. The molecule has 4 N–H and O–H groups in total. The first kappa shape index (κ1) is 36.9. The zero-order chi connectivity index (χ0) is 37.4. The SMILES string of the molecule is C=C.COc1nc2c3c(c(Cl)c(-c4ccc(F)c5sc(N)c(C#N)c45)c(F)c3n1)OC(C)CN2C(C)c1cccnc1N.FC1CC2CCCN2C1. The lowest BCUT2D eigenvalue weighted by molar-refractivity contribution is 0.229. The molecule has 0 saturated carbocycles. The van der Waals surface area contributed by atoms with Crippen LogP contribution >= 0.6 is 22.9 Å². The molecule has 0 bridgehead atoms. The van der Waals surface area contributed by atoms with Crippen LogP contribution in [0, 0.1) is 23.0 Å². The Bertz CT molecular complexity index is 2190. The number of alkyl halides is 1. The van der Waals surface area contributed by atoms with E-state index in [2.05, 4.69) is 33.0 Å². The second kappa shape index (κ2) is 15.0. The minimum atomic E-state index is -0.816. The maximum Gasteiger partial charge on any atom is 0.318 e. The average Bonchev–Trinajstić information content (AvgIpc) is 3.80. The molecule has 0 amide bonds. The number of rotatable bonds is 4. The summed E-state index contributed by atoms with van der Waals surface area (Å²) in [5.74, 6) is -0.581. The van der Waals surface area contributed by atoms with Gasteiger partial charge in [0.05, 0.1) is 40.4 Å². The lowest BCUT2D eigenvalue weighted by atomic mass is 9.96. The molecule has 3 aromatic heterocycles. The van der Waals surface area contributed by atoms with E-state index in [9.17, 15) is 14.0 Å². The van der Waals surface area contributed by atoms with E-state index in [1.54, 1.807) is 12.3 Å². The van der Waals surface area contributed by atoms with E-state index in [4.69, 9.17) is 32.5 Å². The minimum Gasteiger partial charge on any atom is -0.486 e. The fourth-order valence-corrected chi connectivity index (χ4v) is 8.58. The molecule has 4 unspecified atom stereocenters. The third-order valence-corrected chi connectivity index (χ3v) is 11.0. The van der Waals surface area contributed by atoms with Crippen LogP contribution in [0.15, 0.2) is 43.6 Å². The molecule has 2 aromatic carbocycles. The molecular formula is C37H38ClF3N8O2S. The number of nitriles is 1. The van der Waals surface area contributed by atoms with Crippen molar-refractivity contribution in [1.82, 2.24) is 19.9 Å². The number of hydrogen-bond acceptors (Lipinski definition) is 11. The Morgan fingerprint density at radius 1 is 1.17 bits per heavy atom. The molecule has 15 heteroatoms. The van der Waals surface area contributed by atoms with Crippen LogP contribution in [0.2, 0.25) is 5.02 Å². The summed E-state index contributed by atoms with van der Waals surface area (Å²) >= 11 is 7.86. The van der Waals surface area contributed by atoms with Crippen molar-refractivity contribution in [3.63, 3.8) is 0 Å². The topological polar surface area (TPSA) is 139 Å². The van der Waals surface area contributed by atoms with Crippen LogP contribution in [0.25, 0.3) is 32.1 Å². The van der Waals surface area contributed by atoms with Gasteiger partial charge in [-0.2, -0.15) is 15.2 Å². The maximum atomic E-state index is 16.7. The van der Waals surface area contributed by atoms with Gasteiger partial charge in [-0.05, 0) is 57.4 Å². The third-order valence-electron chi connectivity index (χ3n) is 9.62. The second-order valence-electron chi connectivity index (χ2n) is 12.7. The summed E-state index contributed by atoms with van der Waals surface area (Å²) in [6.07, 6.45) is 3.96. The molecule has 0 radical (unpaired) electrons. The zero-order valence-electron chi connectivity index (χ0n) is 28.9. The van der Waals surface area contributed by atoms with Crippen molar-refractivity contribution in [3.05, 3.63) is 71.4 Å². The summed E-state index contributed by atoms with van der Waals surface area (Å²) < 4.78 is 56.0. The number of nitrogen functional groups attached to an aromatic ring is 2. The zero-order valence-corrected chi connectivity index (χ0v) is 30.5. The highest BCUT2D eigenvalue weighted by atomic mass is 35.5. The van der Waals surface area contributed by atoms with Crippen molar-refractivity contribution in [2.24, 2.45) is 0 Å². The van der Waals surface area contributed by atoms with Gasteiger partial charge >= 0.3 is 6.01 Å². The highest BCUT2D eigenvalue weighted by molar-refractivity contribution is 7.23. The number of halogens is 4. The normalized spacial score (nSPS) is 19.8. The number of hydrogen-bond donors (Lipinski definition) is 2. The summed E-state index contributed by atoms with van der Waals surface area (Å²) in [5, 5.41) is 10.2. The van der Waals surface area contributed by atoms with Gasteiger partial charge in [0.25, 0.3) is 0 Å². The number of benzene rings is 2. The van der Waals surface area contributed by atoms with Gasteiger partial charge < -0.3 is 25.8 Å². The number of fused-ring (bicyclic) bond motifs is 2. The van der Waals surface area contributed by atoms with Crippen LogP contribution in [0.3, 0.4) is 0 Å². The Morgan fingerprint density at radius 2 is 1.94 bits per heavy atom. The van der Waals surface area contributed by atoms with Crippen LogP contribution in [0.1, 0.15) is 50.3 Å². The molecule has 10 nitrogen and oxygen atoms in total. The van der Waals surface area contributed by atoms with Gasteiger partial charge in [0, 0.05) is 35.3 Å². The molecule has 3 aliphatic rings. The van der Waals surface area contributed by atoms with Crippen molar-refractivity contribution in [3.8, 4) is 29.0 Å². The first-order chi connectivity index (χ1) is 25.0. The molecule has 2 fully saturated rings. The van der Waals surface area contributed by atoms with Crippen molar-refractivity contribution in [2.75, 3.05) is 43.1 Å². The first-order valence-corrected chi connectivity index (χ1v) is 17.9. The maximum absolute atomic E-state index is 16.7. The molecule has 4 atom stereocenters. The standard InChI is InChI=1S/C28H22ClF2N7O2S.C7H12FN.C2H4/c1-11-10-38(12(2)13-5-4-8-35-25(13)33)27-19-22(36-28(37-27)39-3)21(31)18(20(29)23(19)40-11)14-6-7-16(30)24-17(14)15(9-32)26(34)41-24;8-6-4-7-2-1-3-9(7)5-6;1-2/h4-8,11-12H,10,34H2,1-3H3,(H2,33,35);6-7H,1-5H2;1-2H2. The lowest BCUT2D eigenvalue weighted by Crippen LogP contribution is -2.35. The fraction of sp³-hybridized carbons (Fsp3) is 0.351. The Morgan fingerprint density at radius 3 is 2.63 bits per heavy atom. The summed E-state index contributed by atoms with van der Waals surface area (Å²) in [6, 6.07) is 8.37. The van der Waals surface area contributed by atoms with Crippen LogP contribution in [0.5, 0.6) is 11.8 Å². The van der Waals surface area contributed by atoms with E-state index in [-0.39, 0.29) is 65.5 Å². The van der Waals surface area contributed by atoms with Crippen LogP contribution in [-0.4, -0.2) is 64.9 Å². The van der Waals surface area contributed by atoms with Gasteiger partial charge in [-0.1, -0.05) is 23.7 Å². The Hall–Kier alpha value is -4.84. The Kier molecular flexibility index (Phi) is 10.7. The summed E-state index contributed by atoms with van der Waals surface area (Å²) in [6.45, 7) is 12.0. The molecule has 272 valence electrons. The van der Waals surface area contributed by atoms with Crippen molar-refractivity contribution in [1.29, 1.82) is 5.26 Å². The van der Waals surface area contributed by atoms with Crippen LogP contribution in [0.4, 0.5) is 29.8 Å². The number of thiophene rings is 1. The van der Waals surface area contributed by atoms with Crippen molar-refractivity contribution < 1.29 is 22.6 Å². The summed E-state index contributed by atoms with van der Waals surface area (Å²) in [4.78, 5) is 17.4. The molecule has 6 heterocycles. The first-order valence-electron chi connectivity index (χ1n) is 16.7. The van der Waals surface area contributed by atoms with Crippen molar-refractivity contribution in [2.45, 2.75) is 57.5 Å². The number of nitrogens with zero attached hydrogens (tertiary/aromatic N) is 6. The summed E-state index contributed by atoms with van der Waals surface area (Å²) in [5.41, 5.74) is 13.0. The second-order valence-corrected chi connectivity index (χ2v) is 14.1. The highest BCUT2D eigenvalue weighted by Crippen LogP contribution is 2.51. The van der Waals surface area contributed by atoms with Gasteiger partial charge in [-0.3, -0.25) is 4.90 Å². The molecule has 52 heavy (non-hydrogen) atoms. The predicted octanol–water partition coefficient (Wildman–Crippen LogP) is 8.23. The van der Waals surface area contributed by atoms with Gasteiger partial charge in [0.1, 0.15) is 46.3 Å². The van der Waals surface area contributed by atoms with Gasteiger partial charge in [-0.15, -0.1) is 24.5 Å². The van der Waals surface area contributed by atoms with Gasteiger partial charge in [0.2, 0.25) is 0 Å². The Labute approximate surface area is 308 Å². The average molecular weight is 751 g/mol. The van der Waals surface area contributed by atoms with Crippen LogP contribution < -0.4 is 25.8 Å². The number of methoxy groups -OCH3 is 1. The monoisotopic (exact) mass is 750 g/mol. The lowest BCUT2D eigenvalue weighted by Gasteiger charge is -2.31. The third kappa shape index (κ3) is 6.42. The number of pyridine rings is 1. The quantitative estimate of drug-likeness (QED) is 0.173. The van der Waals surface area contributed by atoms with E-state index in [0.29, 0.717) is 30.8 Å². The van der Waals surface area contributed by atoms with Gasteiger partial charge in [0.15, 0.2) is 11.6 Å². The van der Waals surface area contributed by atoms with E-state index in [0.717, 1.165) is 29.9 Å². The molecule has 2 saturated heterocycles. The van der Waals surface area contributed by atoms with E-state index in [1.165, 1.54) is 32.1 Å². The molecular weight excluding hydrogens is 713 g/mol. The number of aromatic nitrogens is 3. The molecule has 0 spiro atoms. The molecule has 5 aromatic rings. The number of ether oxygens (including phenoxy) is 2. The van der Waals surface area contributed by atoms with E-state index < -0.39 is 23.9 Å². The smallest absolute Gasteiger partial charge is 0.318 e. The molecule has 0 aliphatic carbocycles. The van der Waals surface area contributed by atoms with Crippen LogP contribution in [-0.2, 0) is 0 Å². The number of anilines is 3. The molecule has 3 aliphatic heterocycles. The highest BCUT2D eigenvalue weighted by Gasteiger charge is 2.36. The summed E-state index contributed by atoms with van der Waals surface area (Å²) in [7, 11) is 1.38. The number of nitrogens with two attached hydrogens (primary N) is 2. The minimum absolute atomic E-state index is 0.0326. The fourth-order valence-electron chi connectivity index (χ4n) is 7.31. The van der Waals surface area contributed by atoms with E-state index in [1.807, 2.05) is 30.9 Å². The Balaban J connectivity index is 0.000000361. The van der Waals surface area contributed by atoms with Crippen molar-refractivity contribution >= 4 is 60.6 Å². The largest absolute Gasteiger partial charge is 0.486 e.